The minimum atomic E-state index is -0.153. The predicted octanol–water partition coefficient (Wildman–Crippen LogP) is 2.83. The molecule has 0 unspecified atom stereocenters. The first-order valence-electron chi connectivity index (χ1n) is 9.52. The Balaban J connectivity index is 0.000000687. The highest BCUT2D eigenvalue weighted by Crippen LogP contribution is 2.33. The highest BCUT2D eigenvalue weighted by molar-refractivity contribution is 6.10. The Hall–Kier alpha value is -3.26. The molecule has 1 aliphatic heterocycles. The third-order valence-corrected chi connectivity index (χ3v) is 4.58. The third kappa shape index (κ3) is 4.78. The number of carbonyl (C=O) groups excluding carboxylic acids is 1. The van der Waals surface area contributed by atoms with Gasteiger partial charge in [0.2, 0.25) is 0 Å². The van der Waals surface area contributed by atoms with Crippen LogP contribution in [0.5, 0.6) is 5.75 Å². The van der Waals surface area contributed by atoms with Crippen LogP contribution in [0.15, 0.2) is 35.3 Å². The van der Waals surface area contributed by atoms with Gasteiger partial charge in [-0.1, -0.05) is 32.8 Å². The number of aromatic nitrogens is 1. The van der Waals surface area contributed by atoms with Crippen molar-refractivity contribution in [2.45, 2.75) is 39.8 Å². The number of nitrogens with zero attached hydrogens (tertiary/aromatic N) is 3. The van der Waals surface area contributed by atoms with E-state index >= 15 is 0 Å². The molecule has 0 fully saturated rings. The summed E-state index contributed by atoms with van der Waals surface area (Å²) in [7, 11) is 1.58. The van der Waals surface area contributed by atoms with Gasteiger partial charge < -0.3 is 16.2 Å². The van der Waals surface area contributed by atoms with Crippen molar-refractivity contribution < 1.29 is 9.53 Å². The molecule has 2 aromatic rings. The van der Waals surface area contributed by atoms with Gasteiger partial charge in [0, 0.05) is 17.7 Å². The SMILES string of the molecule is CCCC.COc1ccc2c(c1CN)CN(c1cccc(C(N)=NC=N)n1)C2=O. The normalized spacial score (nSPS) is 12.9. The first kappa shape index (κ1) is 22.0. The highest BCUT2D eigenvalue weighted by atomic mass is 16.5. The smallest absolute Gasteiger partial charge is 0.260 e. The summed E-state index contributed by atoms with van der Waals surface area (Å²) in [6.07, 6.45) is 3.49. The van der Waals surface area contributed by atoms with Crippen LogP contribution in [0.1, 0.15) is 53.9 Å². The summed E-state index contributed by atoms with van der Waals surface area (Å²) in [5, 5.41) is 7.00. The lowest BCUT2D eigenvalue weighted by molar-refractivity contribution is 0.0996. The molecule has 8 nitrogen and oxygen atoms in total. The molecule has 0 bridgehead atoms. The Morgan fingerprint density at radius 1 is 1.31 bits per heavy atom. The minimum absolute atomic E-state index is 0.116. The zero-order valence-electron chi connectivity index (χ0n) is 17.1. The summed E-state index contributed by atoms with van der Waals surface area (Å²) < 4.78 is 5.34. The molecule has 0 atom stereocenters. The monoisotopic (exact) mass is 396 g/mol. The molecule has 2 heterocycles. The Bertz CT molecular complexity index is 908. The summed E-state index contributed by atoms with van der Waals surface area (Å²) >= 11 is 0. The van der Waals surface area contributed by atoms with Crippen LogP contribution in [0.4, 0.5) is 5.82 Å². The van der Waals surface area contributed by atoms with Crippen LogP contribution in [0, 0.1) is 5.41 Å². The zero-order valence-corrected chi connectivity index (χ0v) is 17.1. The quantitative estimate of drug-likeness (QED) is 0.510. The number of fused-ring (bicyclic) bond motifs is 1. The number of nitrogens with two attached hydrogens (primary N) is 2. The number of amides is 1. The van der Waals surface area contributed by atoms with Gasteiger partial charge in [-0.25, -0.2) is 9.98 Å². The second-order valence-electron chi connectivity index (χ2n) is 6.39. The van der Waals surface area contributed by atoms with Crippen molar-refractivity contribution in [2.75, 3.05) is 12.0 Å². The second kappa shape index (κ2) is 10.3. The molecular formula is C21H28N6O2. The number of anilines is 1. The van der Waals surface area contributed by atoms with Gasteiger partial charge in [-0.05, 0) is 29.8 Å². The Kier molecular flexibility index (Phi) is 7.85. The van der Waals surface area contributed by atoms with E-state index in [9.17, 15) is 4.79 Å². The van der Waals surface area contributed by atoms with Crippen LogP contribution >= 0.6 is 0 Å². The average Bonchev–Trinajstić information content (AvgIpc) is 3.10. The molecule has 1 aromatic heterocycles. The van der Waals surface area contributed by atoms with E-state index in [4.69, 9.17) is 21.6 Å². The minimum Gasteiger partial charge on any atom is -0.496 e. The maximum atomic E-state index is 12.8. The Labute approximate surface area is 171 Å². The molecule has 29 heavy (non-hydrogen) atoms. The number of rotatable bonds is 6. The molecule has 5 N–H and O–H groups in total. The molecule has 0 saturated heterocycles. The van der Waals surface area contributed by atoms with Gasteiger partial charge in [-0.15, -0.1) is 0 Å². The fourth-order valence-corrected chi connectivity index (χ4v) is 2.88. The number of benzene rings is 1. The van der Waals surface area contributed by atoms with Gasteiger partial charge in [0.25, 0.3) is 5.91 Å². The van der Waals surface area contributed by atoms with E-state index in [2.05, 4.69) is 23.8 Å². The molecule has 8 heteroatoms. The van der Waals surface area contributed by atoms with Gasteiger partial charge in [0.15, 0.2) is 5.84 Å². The summed E-state index contributed by atoms with van der Waals surface area (Å²) in [5.74, 6) is 1.09. The lowest BCUT2D eigenvalue weighted by atomic mass is 10.0. The number of amidine groups is 1. The number of unbranched alkanes of at least 4 members (excludes halogenated alkanes) is 1. The van der Waals surface area contributed by atoms with E-state index in [1.807, 2.05) is 0 Å². The molecule has 0 saturated carbocycles. The van der Waals surface area contributed by atoms with Gasteiger partial charge >= 0.3 is 0 Å². The van der Waals surface area contributed by atoms with Crippen molar-refractivity contribution in [3.05, 3.63) is 52.7 Å². The molecular weight excluding hydrogens is 368 g/mol. The number of hydrogen-bond acceptors (Lipinski definition) is 5. The lowest BCUT2D eigenvalue weighted by Gasteiger charge is -2.15. The van der Waals surface area contributed by atoms with Crippen molar-refractivity contribution in [2.24, 2.45) is 16.5 Å². The Morgan fingerprint density at radius 2 is 2.03 bits per heavy atom. The summed E-state index contributed by atoms with van der Waals surface area (Å²) in [5.41, 5.74) is 14.3. The third-order valence-electron chi connectivity index (χ3n) is 4.58. The first-order chi connectivity index (χ1) is 14.0. The number of ether oxygens (including phenoxy) is 1. The number of aliphatic imine (C=N–C) groups is 1. The van der Waals surface area contributed by atoms with E-state index in [1.54, 1.807) is 42.3 Å². The van der Waals surface area contributed by atoms with Gasteiger partial charge in [-0.2, -0.15) is 0 Å². The molecule has 0 spiro atoms. The van der Waals surface area contributed by atoms with Crippen molar-refractivity contribution in [3.8, 4) is 5.75 Å². The fourth-order valence-electron chi connectivity index (χ4n) is 2.88. The number of carbonyl (C=O) groups is 1. The van der Waals surface area contributed by atoms with Crippen LogP contribution in [-0.4, -0.2) is 30.2 Å². The zero-order chi connectivity index (χ0) is 21.4. The predicted molar refractivity (Wildman–Crippen MR) is 116 cm³/mol. The van der Waals surface area contributed by atoms with Crippen molar-refractivity contribution in [1.29, 1.82) is 5.41 Å². The number of nitrogens with one attached hydrogen (secondary N) is 1. The van der Waals surface area contributed by atoms with Crippen LogP contribution in [-0.2, 0) is 13.1 Å². The van der Waals surface area contributed by atoms with E-state index in [-0.39, 0.29) is 18.3 Å². The molecule has 0 radical (unpaired) electrons. The van der Waals surface area contributed by atoms with E-state index in [1.165, 1.54) is 12.8 Å². The van der Waals surface area contributed by atoms with Crippen molar-refractivity contribution in [3.63, 3.8) is 0 Å². The van der Waals surface area contributed by atoms with E-state index in [0.29, 0.717) is 29.4 Å². The first-order valence-corrected chi connectivity index (χ1v) is 9.52. The lowest BCUT2D eigenvalue weighted by Crippen LogP contribution is -2.25. The van der Waals surface area contributed by atoms with Gasteiger partial charge in [0.05, 0.1) is 13.7 Å². The van der Waals surface area contributed by atoms with Crippen LogP contribution in [0.3, 0.4) is 0 Å². The molecule has 154 valence electrons. The summed E-state index contributed by atoms with van der Waals surface area (Å²) in [4.78, 5) is 22.4. The summed E-state index contributed by atoms with van der Waals surface area (Å²) in [6, 6.07) is 8.63. The molecule has 1 aromatic carbocycles. The van der Waals surface area contributed by atoms with Gasteiger partial charge in [0.1, 0.15) is 23.6 Å². The van der Waals surface area contributed by atoms with Crippen molar-refractivity contribution in [1.82, 2.24) is 4.98 Å². The van der Waals surface area contributed by atoms with Crippen LogP contribution < -0.4 is 21.1 Å². The van der Waals surface area contributed by atoms with Crippen LogP contribution in [0.2, 0.25) is 0 Å². The number of methoxy groups -OCH3 is 1. The topological polar surface area (TPSA) is 131 Å². The maximum Gasteiger partial charge on any atom is 0.260 e. The second-order valence-corrected chi connectivity index (χ2v) is 6.39. The number of hydrogen-bond donors (Lipinski definition) is 3. The molecule has 1 aliphatic rings. The van der Waals surface area contributed by atoms with Crippen molar-refractivity contribution >= 4 is 23.9 Å². The standard InChI is InChI=1S/C17H18N6O2.C4H10/c1-25-14-6-5-10-12(11(14)7-18)8-23(17(10)24)15-4-2-3-13(22-15)16(20)21-9-19;1-3-4-2/h2-6,9H,7-8,18H2,1H3,(H3,19,20,21);3-4H2,1-2H3. The average molecular weight is 396 g/mol. The number of pyridine rings is 1. The highest BCUT2D eigenvalue weighted by Gasteiger charge is 2.32. The molecule has 1 amide bonds. The molecule has 3 rings (SSSR count). The Morgan fingerprint density at radius 3 is 2.62 bits per heavy atom. The van der Waals surface area contributed by atoms with Gasteiger partial charge in [-0.3, -0.25) is 15.1 Å². The van der Waals surface area contributed by atoms with E-state index in [0.717, 1.165) is 17.5 Å². The van der Waals surface area contributed by atoms with Crippen LogP contribution in [0.25, 0.3) is 0 Å². The largest absolute Gasteiger partial charge is 0.496 e. The molecule has 0 aliphatic carbocycles. The maximum absolute atomic E-state index is 12.8. The fraction of sp³-hybridized carbons (Fsp3) is 0.333. The summed E-state index contributed by atoms with van der Waals surface area (Å²) in [6.45, 7) is 5.00. The van der Waals surface area contributed by atoms with E-state index < -0.39 is 0 Å².